The molecule has 19 heavy (non-hydrogen) atoms. The van der Waals surface area contributed by atoms with Gasteiger partial charge in [0.1, 0.15) is 0 Å². The number of rotatable bonds is 5. The maximum atomic E-state index is 11.7. The Bertz CT molecular complexity index is 341. The molecule has 0 spiro atoms. The van der Waals surface area contributed by atoms with E-state index >= 15 is 0 Å². The van der Waals surface area contributed by atoms with Gasteiger partial charge in [0.2, 0.25) is 5.91 Å². The zero-order valence-electron chi connectivity index (χ0n) is 10.6. The summed E-state index contributed by atoms with van der Waals surface area (Å²) in [5, 5.41) is 21.8. The third-order valence-corrected chi connectivity index (χ3v) is 2.85. The van der Waals surface area contributed by atoms with Crippen LogP contribution in [0.25, 0.3) is 0 Å². The van der Waals surface area contributed by atoms with Crippen LogP contribution in [0.5, 0.6) is 0 Å². The molecule has 1 saturated heterocycles. The summed E-state index contributed by atoms with van der Waals surface area (Å²) in [4.78, 5) is 34.9. The molecule has 0 bridgehead atoms. The Morgan fingerprint density at radius 3 is 2.32 bits per heavy atom. The fraction of sp³-hybridized carbons (Fsp3) is 0.727. The minimum atomic E-state index is -1.65. The second kappa shape index (κ2) is 7.57. The Morgan fingerprint density at radius 1 is 1.11 bits per heavy atom. The Labute approximate surface area is 110 Å². The van der Waals surface area contributed by atoms with Crippen molar-refractivity contribution in [2.45, 2.75) is 25.4 Å². The van der Waals surface area contributed by atoms with E-state index in [9.17, 15) is 14.4 Å². The van der Waals surface area contributed by atoms with Crippen LogP contribution in [0.2, 0.25) is 0 Å². The van der Waals surface area contributed by atoms with Crippen LogP contribution in [0.15, 0.2) is 0 Å². The topological polar surface area (TPSA) is 119 Å². The minimum Gasteiger partial charge on any atom is -0.479 e. The lowest BCUT2D eigenvalue weighted by Gasteiger charge is -2.26. The highest BCUT2D eigenvalue weighted by molar-refractivity contribution is 5.84. The van der Waals surface area contributed by atoms with E-state index in [1.54, 1.807) is 4.90 Å². The zero-order chi connectivity index (χ0) is 14.3. The number of carboxylic acids is 1. The number of amides is 3. The van der Waals surface area contributed by atoms with E-state index in [1.807, 2.05) is 0 Å². The van der Waals surface area contributed by atoms with Gasteiger partial charge in [-0.1, -0.05) is 0 Å². The van der Waals surface area contributed by atoms with Crippen molar-refractivity contribution in [2.75, 3.05) is 26.2 Å². The van der Waals surface area contributed by atoms with Crippen LogP contribution in [-0.2, 0) is 9.59 Å². The fourth-order valence-corrected chi connectivity index (χ4v) is 1.75. The van der Waals surface area contributed by atoms with Crippen molar-refractivity contribution in [3.05, 3.63) is 0 Å². The van der Waals surface area contributed by atoms with Gasteiger partial charge in [-0.2, -0.15) is 0 Å². The lowest BCUT2D eigenvalue weighted by molar-refractivity contribution is -0.146. The number of carbonyl (C=O) groups excluding carboxylic acids is 2. The number of aliphatic carboxylic acids is 1. The van der Waals surface area contributed by atoms with Crippen LogP contribution in [0.3, 0.4) is 0 Å². The third-order valence-electron chi connectivity index (χ3n) is 2.85. The molecule has 1 aliphatic rings. The number of urea groups is 1. The van der Waals surface area contributed by atoms with E-state index in [1.165, 1.54) is 0 Å². The van der Waals surface area contributed by atoms with Crippen LogP contribution in [-0.4, -0.2) is 65.3 Å². The number of nitrogens with zero attached hydrogens (tertiary/aromatic N) is 1. The number of likely N-dealkylation sites (tertiary alicyclic amines) is 1. The van der Waals surface area contributed by atoms with Crippen molar-refractivity contribution >= 4 is 17.9 Å². The van der Waals surface area contributed by atoms with E-state index in [-0.39, 0.29) is 12.5 Å². The summed E-state index contributed by atoms with van der Waals surface area (Å²) in [6.45, 7) is 0.883. The molecule has 8 heteroatoms. The lowest BCUT2D eigenvalue weighted by atomic mass is 10.1. The van der Waals surface area contributed by atoms with Gasteiger partial charge in [0.05, 0.1) is 13.1 Å². The molecule has 0 aromatic heterocycles. The first-order valence-corrected chi connectivity index (χ1v) is 6.21. The molecule has 1 rings (SSSR count). The van der Waals surface area contributed by atoms with Crippen molar-refractivity contribution in [3.63, 3.8) is 0 Å². The molecule has 1 heterocycles. The normalized spacial score (nSPS) is 16.6. The first kappa shape index (κ1) is 15.2. The van der Waals surface area contributed by atoms with Gasteiger partial charge in [-0.25, -0.2) is 9.59 Å². The molecule has 0 saturated carbocycles. The van der Waals surface area contributed by atoms with Gasteiger partial charge in [-0.3, -0.25) is 4.79 Å². The molecule has 0 aromatic rings. The van der Waals surface area contributed by atoms with Crippen LogP contribution in [0.1, 0.15) is 19.3 Å². The Balaban J connectivity index is 2.18. The van der Waals surface area contributed by atoms with Gasteiger partial charge >= 0.3 is 12.0 Å². The summed E-state index contributed by atoms with van der Waals surface area (Å²) < 4.78 is 0. The quantitative estimate of drug-likeness (QED) is 0.498. The molecule has 0 unspecified atom stereocenters. The Kier molecular flexibility index (Phi) is 6.07. The number of aliphatic hydroxyl groups is 1. The molecule has 0 aliphatic carbocycles. The number of hydrogen-bond acceptors (Lipinski definition) is 4. The molecule has 108 valence electrons. The standard InChI is InChI=1S/C11H19N3O5/c15-8(10(17)18)6-12-11(19)13-7-9(16)14-4-2-1-3-5-14/h8,15H,1-7H2,(H,17,18)(H2,12,13,19)/t8-/m0/s1. The Hall–Kier alpha value is -1.83. The van der Waals surface area contributed by atoms with Gasteiger partial charge in [0.15, 0.2) is 6.10 Å². The molecular weight excluding hydrogens is 254 g/mol. The average Bonchev–Trinajstić information content (AvgIpc) is 2.42. The predicted molar refractivity (Wildman–Crippen MR) is 65.5 cm³/mol. The maximum absolute atomic E-state index is 11.7. The molecule has 1 fully saturated rings. The molecule has 0 aromatic carbocycles. The highest BCUT2D eigenvalue weighted by atomic mass is 16.4. The average molecular weight is 273 g/mol. The minimum absolute atomic E-state index is 0.130. The monoisotopic (exact) mass is 273 g/mol. The number of carboxylic acid groups (broad SMARTS) is 1. The predicted octanol–water partition coefficient (Wildman–Crippen LogP) is -1.26. The maximum Gasteiger partial charge on any atom is 0.334 e. The molecule has 8 nitrogen and oxygen atoms in total. The SMILES string of the molecule is O=C(NCC(=O)N1CCCCC1)NC[C@H](O)C(=O)O. The van der Waals surface area contributed by atoms with Crippen LogP contribution < -0.4 is 10.6 Å². The first-order chi connectivity index (χ1) is 9.00. The second-order valence-corrected chi connectivity index (χ2v) is 4.36. The first-order valence-electron chi connectivity index (χ1n) is 6.21. The van der Waals surface area contributed by atoms with Crippen LogP contribution >= 0.6 is 0 Å². The van der Waals surface area contributed by atoms with E-state index in [0.29, 0.717) is 13.1 Å². The Morgan fingerprint density at radius 2 is 1.74 bits per heavy atom. The number of nitrogens with one attached hydrogen (secondary N) is 2. The van der Waals surface area contributed by atoms with Gasteiger partial charge in [-0.05, 0) is 19.3 Å². The molecular formula is C11H19N3O5. The van der Waals surface area contributed by atoms with E-state index < -0.39 is 24.6 Å². The van der Waals surface area contributed by atoms with Gasteiger partial charge in [0, 0.05) is 13.1 Å². The number of hydrogen-bond donors (Lipinski definition) is 4. The molecule has 3 amide bonds. The van der Waals surface area contributed by atoms with Crippen molar-refractivity contribution in [1.29, 1.82) is 0 Å². The van der Waals surface area contributed by atoms with Gasteiger partial charge < -0.3 is 25.7 Å². The van der Waals surface area contributed by atoms with Crippen molar-refractivity contribution in [1.82, 2.24) is 15.5 Å². The third kappa shape index (κ3) is 5.56. The molecule has 0 radical (unpaired) electrons. The highest BCUT2D eigenvalue weighted by Gasteiger charge is 2.17. The van der Waals surface area contributed by atoms with Gasteiger partial charge in [-0.15, -0.1) is 0 Å². The summed E-state index contributed by atoms with van der Waals surface area (Å²) >= 11 is 0. The lowest BCUT2D eigenvalue weighted by Crippen LogP contribution is -2.47. The number of carbonyl (C=O) groups is 3. The van der Waals surface area contributed by atoms with E-state index in [4.69, 9.17) is 10.2 Å². The summed E-state index contributed by atoms with van der Waals surface area (Å²) in [6.07, 6.45) is 1.42. The summed E-state index contributed by atoms with van der Waals surface area (Å²) in [5.41, 5.74) is 0. The zero-order valence-corrected chi connectivity index (χ0v) is 10.6. The fourth-order valence-electron chi connectivity index (χ4n) is 1.75. The summed E-state index contributed by atoms with van der Waals surface area (Å²) in [6, 6.07) is -0.675. The molecule has 1 aliphatic heterocycles. The highest BCUT2D eigenvalue weighted by Crippen LogP contribution is 2.07. The number of piperidine rings is 1. The summed E-state index contributed by atoms with van der Waals surface area (Å²) in [5.74, 6) is -1.57. The second-order valence-electron chi connectivity index (χ2n) is 4.36. The molecule has 4 N–H and O–H groups in total. The molecule has 1 atom stereocenters. The van der Waals surface area contributed by atoms with Crippen molar-refractivity contribution < 1.29 is 24.6 Å². The smallest absolute Gasteiger partial charge is 0.334 e. The van der Waals surface area contributed by atoms with Crippen molar-refractivity contribution in [3.8, 4) is 0 Å². The summed E-state index contributed by atoms with van der Waals surface area (Å²) in [7, 11) is 0. The van der Waals surface area contributed by atoms with E-state index in [2.05, 4.69) is 10.6 Å². The van der Waals surface area contributed by atoms with Crippen molar-refractivity contribution in [2.24, 2.45) is 0 Å². The van der Waals surface area contributed by atoms with Crippen LogP contribution in [0, 0.1) is 0 Å². The van der Waals surface area contributed by atoms with E-state index in [0.717, 1.165) is 19.3 Å². The van der Waals surface area contributed by atoms with Crippen LogP contribution in [0.4, 0.5) is 4.79 Å². The number of aliphatic hydroxyl groups excluding tert-OH is 1. The largest absolute Gasteiger partial charge is 0.479 e. The van der Waals surface area contributed by atoms with Gasteiger partial charge in [0.25, 0.3) is 0 Å².